The monoisotopic (exact) mass is 410 g/mol. The Kier molecular flexibility index (Phi) is 6.29. The zero-order valence-electron chi connectivity index (χ0n) is 17.7. The summed E-state index contributed by atoms with van der Waals surface area (Å²) in [4.78, 5) is 37.5. The Hall–Kier alpha value is -3.49. The van der Waals surface area contributed by atoms with Crippen LogP contribution in [-0.4, -0.2) is 31.4 Å². The lowest BCUT2D eigenvalue weighted by Gasteiger charge is -2.11. The van der Waals surface area contributed by atoms with Gasteiger partial charge in [0.05, 0.1) is 11.1 Å². The summed E-state index contributed by atoms with van der Waals surface area (Å²) in [7, 11) is 1.86. The molecule has 3 rings (SSSR count). The lowest BCUT2D eigenvalue weighted by Crippen LogP contribution is -2.43. The predicted octanol–water partition coefficient (Wildman–Crippen LogP) is 1.55. The molecule has 0 aliphatic rings. The Morgan fingerprint density at radius 1 is 1.07 bits per heavy atom. The van der Waals surface area contributed by atoms with Crippen LogP contribution >= 0.6 is 0 Å². The number of benzene rings is 1. The summed E-state index contributed by atoms with van der Waals surface area (Å²) in [5, 5.41) is 9.42. The van der Waals surface area contributed by atoms with Crippen molar-refractivity contribution < 1.29 is 9.59 Å². The van der Waals surface area contributed by atoms with Crippen LogP contribution in [0.4, 0.5) is 0 Å². The van der Waals surface area contributed by atoms with Gasteiger partial charge in [0.1, 0.15) is 0 Å². The van der Waals surface area contributed by atoms with Crippen molar-refractivity contribution in [2.24, 2.45) is 7.05 Å². The van der Waals surface area contributed by atoms with Crippen molar-refractivity contribution in [3.05, 3.63) is 57.3 Å². The highest BCUT2D eigenvalue weighted by molar-refractivity contribution is 6.05. The van der Waals surface area contributed by atoms with Crippen LogP contribution in [0.5, 0.6) is 0 Å². The quantitative estimate of drug-likeness (QED) is 0.599. The van der Waals surface area contributed by atoms with E-state index in [2.05, 4.69) is 21.0 Å². The van der Waals surface area contributed by atoms with E-state index in [0.29, 0.717) is 30.2 Å². The first-order valence-electron chi connectivity index (χ1n) is 9.91. The Balaban J connectivity index is 1.71. The molecule has 9 heteroatoms. The summed E-state index contributed by atoms with van der Waals surface area (Å²) < 4.78 is 3.07. The van der Waals surface area contributed by atoms with E-state index < -0.39 is 5.91 Å². The maximum Gasteiger partial charge on any atom is 0.290 e. The second kappa shape index (κ2) is 8.89. The number of rotatable bonds is 6. The van der Waals surface area contributed by atoms with Crippen LogP contribution in [-0.2, 0) is 24.8 Å². The van der Waals surface area contributed by atoms with Gasteiger partial charge in [0.15, 0.2) is 5.69 Å². The largest absolute Gasteiger partial charge is 0.290 e. The fraction of sp³-hybridized carbons (Fsp3) is 0.381. The second-order valence-corrected chi connectivity index (χ2v) is 7.20. The number of amides is 2. The third kappa shape index (κ3) is 4.24. The Morgan fingerprint density at radius 2 is 1.77 bits per heavy atom. The number of hydrazine groups is 1. The molecule has 0 radical (unpaired) electrons. The summed E-state index contributed by atoms with van der Waals surface area (Å²) in [6, 6.07) is 6.82. The Morgan fingerprint density at radius 3 is 2.40 bits per heavy atom. The molecule has 2 N–H and O–H groups in total. The maximum absolute atomic E-state index is 12.7. The summed E-state index contributed by atoms with van der Waals surface area (Å²) in [6.07, 6.45) is 1.43. The third-order valence-electron chi connectivity index (χ3n) is 5.09. The van der Waals surface area contributed by atoms with E-state index in [9.17, 15) is 14.4 Å². The second-order valence-electron chi connectivity index (χ2n) is 7.20. The molecule has 30 heavy (non-hydrogen) atoms. The van der Waals surface area contributed by atoms with E-state index >= 15 is 0 Å². The number of nitrogens with one attached hydrogen (secondary N) is 2. The van der Waals surface area contributed by atoms with Crippen molar-refractivity contribution in [3.8, 4) is 0 Å². The van der Waals surface area contributed by atoms with Crippen molar-refractivity contribution in [2.45, 2.75) is 46.6 Å². The lowest BCUT2D eigenvalue weighted by atomic mass is 10.1. The molecule has 1 aromatic carbocycles. The SMILES string of the molecule is CCCn1nc(C(=O)NNC(=O)CCc2c(C)nn(C)c2C)c2ccccc2c1=O. The minimum absolute atomic E-state index is 0.0953. The average Bonchev–Trinajstić information content (AvgIpc) is 2.98. The maximum atomic E-state index is 12.7. The van der Waals surface area contributed by atoms with Crippen molar-refractivity contribution in [3.63, 3.8) is 0 Å². The molecular formula is C21H26N6O3. The zero-order chi connectivity index (χ0) is 21.8. The highest BCUT2D eigenvalue weighted by Crippen LogP contribution is 2.14. The van der Waals surface area contributed by atoms with Crippen molar-refractivity contribution >= 4 is 22.6 Å². The lowest BCUT2D eigenvalue weighted by molar-refractivity contribution is -0.121. The molecule has 0 aliphatic carbocycles. The third-order valence-corrected chi connectivity index (χ3v) is 5.09. The molecule has 2 amide bonds. The van der Waals surface area contributed by atoms with E-state index in [1.807, 2.05) is 27.8 Å². The van der Waals surface area contributed by atoms with Crippen LogP contribution in [0, 0.1) is 13.8 Å². The number of aromatic nitrogens is 4. The molecule has 0 unspecified atom stereocenters. The van der Waals surface area contributed by atoms with Gasteiger partial charge in [0, 0.05) is 31.1 Å². The molecule has 2 heterocycles. The molecule has 0 atom stereocenters. The smallest absolute Gasteiger partial charge is 0.273 e. The average molecular weight is 410 g/mol. The molecule has 0 bridgehead atoms. The van der Waals surface area contributed by atoms with Gasteiger partial charge in [0.2, 0.25) is 5.91 Å². The van der Waals surface area contributed by atoms with Crippen LogP contribution in [0.3, 0.4) is 0 Å². The van der Waals surface area contributed by atoms with Crippen LogP contribution in [0.15, 0.2) is 29.1 Å². The Labute approximate surface area is 174 Å². The van der Waals surface area contributed by atoms with Crippen molar-refractivity contribution in [2.75, 3.05) is 0 Å². The number of hydrogen-bond donors (Lipinski definition) is 2. The fourth-order valence-electron chi connectivity index (χ4n) is 3.43. The van der Waals surface area contributed by atoms with Gasteiger partial charge in [-0.2, -0.15) is 10.2 Å². The van der Waals surface area contributed by atoms with Crippen LogP contribution in [0.1, 0.15) is 47.2 Å². The van der Waals surface area contributed by atoms with Crippen molar-refractivity contribution in [1.29, 1.82) is 0 Å². The molecular weight excluding hydrogens is 384 g/mol. The number of nitrogens with zero attached hydrogens (tertiary/aromatic N) is 4. The molecule has 9 nitrogen and oxygen atoms in total. The summed E-state index contributed by atoms with van der Waals surface area (Å²) in [6.45, 7) is 6.19. The molecule has 0 fully saturated rings. The molecule has 3 aromatic rings. The fourth-order valence-corrected chi connectivity index (χ4v) is 3.43. The molecule has 2 aromatic heterocycles. The van der Waals surface area contributed by atoms with Gasteiger partial charge in [-0.05, 0) is 38.3 Å². The highest BCUT2D eigenvalue weighted by atomic mass is 16.2. The Bertz CT molecular complexity index is 1160. The van der Waals surface area contributed by atoms with Crippen LogP contribution in [0.25, 0.3) is 10.8 Å². The van der Waals surface area contributed by atoms with Crippen LogP contribution in [0.2, 0.25) is 0 Å². The summed E-state index contributed by atoms with van der Waals surface area (Å²) in [5.41, 5.74) is 7.63. The standard InChI is InChI=1S/C21H26N6O3/c1-5-12-27-21(30)17-9-7-6-8-16(17)19(25-27)20(29)23-22-18(28)11-10-15-13(2)24-26(4)14(15)3/h6-9H,5,10-12H2,1-4H3,(H,22,28)(H,23,29). The van der Waals surface area contributed by atoms with Gasteiger partial charge in [0.25, 0.3) is 11.5 Å². The zero-order valence-corrected chi connectivity index (χ0v) is 17.7. The van der Waals surface area contributed by atoms with Gasteiger partial charge in [-0.1, -0.05) is 25.1 Å². The number of carbonyl (C=O) groups is 2. The first kappa shape index (κ1) is 21.2. The first-order chi connectivity index (χ1) is 14.3. The van der Waals surface area contributed by atoms with Crippen LogP contribution < -0.4 is 16.4 Å². The minimum Gasteiger partial charge on any atom is -0.273 e. The molecule has 0 spiro atoms. The topological polar surface area (TPSA) is 111 Å². The predicted molar refractivity (Wildman–Crippen MR) is 113 cm³/mol. The van der Waals surface area contributed by atoms with Gasteiger partial charge in [-0.15, -0.1) is 0 Å². The van der Waals surface area contributed by atoms with Gasteiger partial charge in [-0.25, -0.2) is 4.68 Å². The van der Waals surface area contributed by atoms with E-state index in [1.54, 1.807) is 28.9 Å². The van der Waals surface area contributed by atoms with E-state index in [1.165, 1.54) is 4.68 Å². The molecule has 0 saturated heterocycles. The number of hydrogen-bond acceptors (Lipinski definition) is 5. The highest BCUT2D eigenvalue weighted by Gasteiger charge is 2.17. The molecule has 0 saturated carbocycles. The van der Waals surface area contributed by atoms with E-state index in [0.717, 1.165) is 17.0 Å². The minimum atomic E-state index is -0.571. The van der Waals surface area contributed by atoms with Crippen molar-refractivity contribution in [1.82, 2.24) is 30.4 Å². The first-order valence-corrected chi connectivity index (χ1v) is 9.91. The number of carbonyl (C=O) groups excluding carboxylic acids is 2. The molecule has 0 aliphatic heterocycles. The summed E-state index contributed by atoms with van der Waals surface area (Å²) in [5.74, 6) is -0.893. The summed E-state index contributed by atoms with van der Waals surface area (Å²) >= 11 is 0. The number of fused-ring (bicyclic) bond motifs is 1. The van der Waals surface area contributed by atoms with Gasteiger partial charge >= 0.3 is 0 Å². The normalized spacial score (nSPS) is 10.9. The number of aryl methyl sites for hydroxylation is 3. The van der Waals surface area contributed by atoms with Gasteiger partial charge < -0.3 is 0 Å². The van der Waals surface area contributed by atoms with Gasteiger partial charge in [-0.3, -0.25) is 29.9 Å². The van der Waals surface area contributed by atoms with E-state index in [-0.39, 0.29) is 23.6 Å². The van der Waals surface area contributed by atoms with E-state index in [4.69, 9.17) is 0 Å². The molecule has 158 valence electrons.